The maximum atomic E-state index is 12.7. The van der Waals surface area contributed by atoms with E-state index in [4.69, 9.17) is 0 Å². The van der Waals surface area contributed by atoms with Crippen molar-refractivity contribution in [1.82, 2.24) is 14.5 Å². The Morgan fingerprint density at radius 2 is 1.92 bits per heavy atom. The molecule has 0 bridgehead atoms. The lowest BCUT2D eigenvalue weighted by atomic mass is 10.2. The molecule has 122 valence electrons. The van der Waals surface area contributed by atoms with Gasteiger partial charge in [0.25, 0.3) is 5.56 Å². The molecule has 0 radical (unpaired) electrons. The van der Waals surface area contributed by atoms with Gasteiger partial charge in [0.2, 0.25) is 5.91 Å². The van der Waals surface area contributed by atoms with E-state index in [1.54, 1.807) is 0 Å². The predicted molar refractivity (Wildman–Crippen MR) is 95.1 cm³/mol. The number of thiophene rings is 1. The number of hydrogen-bond donors (Lipinski definition) is 0. The number of benzene rings is 1. The number of amides is 1. The topological polar surface area (TPSA) is 55.2 Å². The van der Waals surface area contributed by atoms with Crippen molar-refractivity contribution in [2.75, 3.05) is 13.1 Å². The van der Waals surface area contributed by atoms with E-state index >= 15 is 0 Å². The number of nitrogens with zero attached hydrogens (tertiary/aromatic N) is 3. The van der Waals surface area contributed by atoms with Crippen LogP contribution in [0.3, 0.4) is 0 Å². The summed E-state index contributed by atoms with van der Waals surface area (Å²) in [7, 11) is 0. The highest BCUT2D eigenvalue weighted by molar-refractivity contribution is 7.22. The first-order chi connectivity index (χ1) is 11.7. The van der Waals surface area contributed by atoms with Crippen LogP contribution in [0.2, 0.25) is 0 Å². The normalized spacial score (nSPS) is 14.4. The van der Waals surface area contributed by atoms with Gasteiger partial charge >= 0.3 is 0 Å². The van der Waals surface area contributed by atoms with Crippen molar-refractivity contribution in [1.29, 1.82) is 0 Å². The second-order valence-electron chi connectivity index (χ2n) is 5.96. The minimum absolute atomic E-state index is 0.00408. The van der Waals surface area contributed by atoms with E-state index in [0.717, 1.165) is 36.4 Å². The Morgan fingerprint density at radius 3 is 2.67 bits per heavy atom. The average Bonchev–Trinajstić information content (AvgIpc) is 3.28. The second-order valence-corrected chi connectivity index (χ2v) is 7.01. The Balaban J connectivity index is 1.67. The van der Waals surface area contributed by atoms with E-state index in [1.807, 2.05) is 41.3 Å². The highest BCUT2D eigenvalue weighted by Crippen LogP contribution is 2.30. The molecule has 0 unspecified atom stereocenters. The lowest BCUT2D eigenvalue weighted by molar-refractivity contribution is -0.130. The number of likely N-dealkylation sites (tertiary alicyclic amines) is 1. The Labute approximate surface area is 143 Å². The van der Waals surface area contributed by atoms with Crippen molar-refractivity contribution in [3.63, 3.8) is 0 Å². The predicted octanol–water partition coefficient (Wildman–Crippen LogP) is 2.75. The van der Waals surface area contributed by atoms with Crippen LogP contribution in [0.5, 0.6) is 0 Å². The molecule has 0 atom stereocenters. The molecule has 1 saturated heterocycles. The number of carbonyl (C=O) groups excluding carboxylic acids is 1. The number of fused-ring (bicyclic) bond motifs is 1. The maximum absolute atomic E-state index is 12.7. The van der Waals surface area contributed by atoms with Crippen LogP contribution in [0.4, 0.5) is 0 Å². The number of aromatic nitrogens is 2. The fourth-order valence-corrected chi connectivity index (χ4v) is 4.08. The molecule has 0 saturated carbocycles. The molecular formula is C18H17N3O2S. The highest BCUT2D eigenvalue weighted by atomic mass is 32.1. The fraction of sp³-hybridized carbons (Fsp3) is 0.278. The molecule has 4 rings (SSSR count). The summed E-state index contributed by atoms with van der Waals surface area (Å²) in [5, 5.41) is 0. The van der Waals surface area contributed by atoms with Gasteiger partial charge in [-0.05, 0) is 24.5 Å². The lowest BCUT2D eigenvalue weighted by Gasteiger charge is -2.15. The van der Waals surface area contributed by atoms with Gasteiger partial charge in [-0.25, -0.2) is 4.98 Å². The molecular weight excluding hydrogens is 322 g/mol. The van der Waals surface area contributed by atoms with Gasteiger partial charge in [-0.3, -0.25) is 14.2 Å². The minimum Gasteiger partial charge on any atom is -0.341 e. The van der Waals surface area contributed by atoms with Crippen LogP contribution in [0, 0.1) is 0 Å². The van der Waals surface area contributed by atoms with Gasteiger partial charge in [0.05, 0.1) is 11.8 Å². The van der Waals surface area contributed by atoms with E-state index in [2.05, 4.69) is 4.98 Å². The summed E-state index contributed by atoms with van der Waals surface area (Å²) in [6, 6.07) is 11.9. The third-order valence-electron chi connectivity index (χ3n) is 4.33. The summed E-state index contributed by atoms with van der Waals surface area (Å²) < 4.78 is 2.03. The summed E-state index contributed by atoms with van der Waals surface area (Å²) in [4.78, 5) is 32.2. The van der Waals surface area contributed by atoms with Gasteiger partial charge < -0.3 is 4.90 Å². The molecule has 3 heterocycles. The van der Waals surface area contributed by atoms with Gasteiger partial charge in [0, 0.05) is 18.0 Å². The molecule has 3 aromatic rings. The number of carbonyl (C=O) groups is 1. The van der Waals surface area contributed by atoms with Crippen molar-refractivity contribution in [2.24, 2.45) is 0 Å². The number of rotatable bonds is 3. The molecule has 2 aromatic heterocycles. The quantitative estimate of drug-likeness (QED) is 0.737. The molecule has 1 aliphatic rings. The van der Waals surface area contributed by atoms with Gasteiger partial charge in [-0.1, -0.05) is 30.3 Å². The first-order valence-corrected chi connectivity index (χ1v) is 8.86. The molecule has 0 spiro atoms. The first-order valence-electron chi connectivity index (χ1n) is 8.04. The largest absolute Gasteiger partial charge is 0.341 e. The molecule has 1 aliphatic heterocycles. The molecule has 0 aliphatic carbocycles. The Bertz CT molecular complexity index is 940. The third-order valence-corrected chi connectivity index (χ3v) is 5.49. The molecule has 24 heavy (non-hydrogen) atoms. The van der Waals surface area contributed by atoms with Crippen LogP contribution in [-0.4, -0.2) is 33.4 Å². The van der Waals surface area contributed by atoms with Crippen molar-refractivity contribution in [3.05, 3.63) is 53.1 Å². The van der Waals surface area contributed by atoms with Crippen molar-refractivity contribution in [3.8, 4) is 10.4 Å². The standard InChI is InChI=1S/C18H17N3O2S/c22-16(20-8-4-5-9-20)11-21-12-19-14-10-15(24-17(14)18(21)23)13-6-2-1-3-7-13/h1-3,6-7,10,12H,4-5,8-9,11H2. The van der Waals surface area contributed by atoms with Crippen molar-refractivity contribution >= 4 is 27.5 Å². The summed E-state index contributed by atoms with van der Waals surface area (Å²) in [5.41, 5.74) is 1.62. The zero-order valence-corrected chi connectivity index (χ0v) is 14.0. The fourth-order valence-electron chi connectivity index (χ4n) is 3.01. The smallest absolute Gasteiger partial charge is 0.271 e. The van der Waals surface area contributed by atoms with E-state index in [-0.39, 0.29) is 18.0 Å². The molecule has 1 amide bonds. The molecule has 1 aromatic carbocycles. The van der Waals surface area contributed by atoms with Gasteiger partial charge in [0.15, 0.2) is 0 Å². The van der Waals surface area contributed by atoms with Gasteiger partial charge in [0.1, 0.15) is 11.2 Å². The van der Waals surface area contributed by atoms with E-state index in [0.29, 0.717) is 10.2 Å². The van der Waals surface area contributed by atoms with Gasteiger partial charge in [-0.2, -0.15) is 0 Å². The SMILES string of the molecule is O=C(Cn1cnc2cc(-c3ccccc3)sc2c1=O)N1CCCC1. The first kappa shape index (κ1) is 15.1. The Kier molecular flexibility index (Phi) is 3.90. The van der Waals surface area contributed by atoms with Crippen LogP contribution in [0.15, 0.2) is 47.5 Å². The summed E-state index contributed by atoms with van der Waals surface area (Å²) in [6.45, 7) is 1.65. The van der Waals surface area contributed by atoms with Crippen LogP contribution >= 0.6 is 11.3 Å². The van der Waals surface area contributed by atoms with E-state index < -0.39 is 0 Å². The van der Waals surface area contributed by atoms with Crippen LogP contribution < -0.4 is 5.56 Å². The molecule has 1 fully saturated rings. The van der Waals surface area contributed by atoms with Crippen molar-refractivity contribution < 1.29 is 4.79 Å². The Morgan fingerprint density at radius 1 is 1.17 bits per heavy atom. The van der Waals surface area contributed by atoms with Crippen LogP contribution in [0.1, 0.15) is 12.8 Å². The Hall–Kier alpha value is -2.47. The van der Waals surface area contributed by atoms with Crippen molar-refractivity contribution in [2.45, 2.75) is 19.4 Å². The third kappa shape index (κ3) is 2.73. The monoisotopic (exact) mass is 339 g/mol. The summed E-state index contributed by atoms with van der Waals surface area (Å²) >= 11 is 1.43. The number of hydrogen-bond acceptors (Lipinski definition) is 4. The zero-order chi connectivity index (χ0) is 16.5. The van der Waals surface area contributed by atoms with Crippen LogP contribution in [-0.2, 0) is 11.3 Å². The molecule has 5 nitrogen and oxygen atoms in total. The van der Waals surface area contributed by atoms with Gasteiger partial charge in [-0.15, -0.1) is 11.3 Å². The van der Waals surface area contributed by atoms with E-state index in [9.17, 15) is 9.59 Å². The highest BCUT2D eigenvalue weighted by Gasteiger charge is 2.19. The summed E-state index contributed by atoms with van der Waals surface area (Å²) in [5.74, 6) is -0.00408. The molecule has 0 N–H and O–H groups in total. The average molecular weight is 339 g/mol. The molecule has 6 heteroatoms. The second kappa shape index (κ2) is 6.20. The van der Waals surface area contributed by atoms with E-state index in [1.165, 1.54) is 22.2 Å². The summed E-state index contributed by atoms with van der Waals surface area (Å²) in [6.07, 6.45) is 3.58. The maximum Gasteiger partial charge on any atom is 0.271 e. The lowest BCUT2D eigenvalue weighted by Crippen LogP contribution is -2.34. The van der Waals surface area contributed by atoms with Crippen LogP contribution in [0.25, 0.3) is 20.7 Å². The minimum atomic E-state index is -0.139. The zero-order valence-electron chi connectivity index (χ0n) is 13.1.